The highest BCUT2D eigenvalue weighted by Crippen LogP contribution is 2.42. The van der Waals surface area contributed by atoms with Crippen LogP contribution in [0.1, 0.15) is 46.2 Å². The molecule has 7 nitrogen and oxygen atoms in total. The van der Waals surface area contributed by atoms with Crippen molar-refractivity contribution in [3.05, 3.63) is 76.8 Å². The SMILES string of the molecule is Cc1cccc(CNC(=O)c2cnn(-c3nccc(-c4cccs4)n3)c2C2CC2)n1. The van der Waals surface area contributed by atoms with Crippen molar-refractivity contribution in [1.29, 1.82) is 0 Å². The number of nitrogens with one attached hydrogen (secondary N) is 1. The maximum absolute atomic E-state index is 12.9. The van der Waals surface area contributed by atoms with Crippen molar-refractivity contribution in [3.63, 3.8) is 0 Å². The van der Waals surface area contributed by atoms with Gasteiger partial charge in [0.15, 0.2) is 0 Å². The lowest BCUT2D eigenvalue weighted by molar-refractivity contribution is 0.0949. The molecule has 1 fully saturated rings. The molecule has 4 aromatic heterocycles. The van der Waals surface area contributed by atoms with E-state index in [2.05, 4.69) is 20.4 Å². The Hall–Kier alpha value is -3.39. The van der Waals surface area contributed by atoms with Crippen LogP contribution < -0.4 is 5.32 Å². The van der Waals surface area contributed by atoms with Crippen LogP contribution in [0.4, 0.5) is 0 Å². The lowest BCUT2D eigenvalue weighted by atomic mass is 10.1. The normalized spacial score (nSPS) is 13.4. The molecule has 1 saturated carbocycles. The van der Waals surface area contributed by atoms with E-state index in [-0.39, 0.29) is 5.91 Å². The maximum atomic E-state index is 12.9. The second kappa shape index (κ2) is 7.79. The van der Waals surface area contributed by atoms with E-state index in [1.54, 1.807) is 28.4 Å². The van der Waals surface area contributed by atoms with Gasteiger partial charge in [-0.05, 0) is 49.4 Å². The average molecular weight is 417 g/mol. The summed E-state index contributed by atoms with van der Waals surface area (Å²) < 4.78 is 1.72. The highest BCUT2D eigenvalue weighted by molar-refractivity contribution is 7.13. The number of carbonyl (C=O) groups excluding carboxylic acids is 1. The van der Waals surface area contributed by atoms with Crippen LogP contribution in [0, 0.1) is 6.92 Å². The van der Waals surface area contributed by atoms with Crippen LogP contribution in [0.15, 0.2) is 54.2 Å². The van der Waals surface area contributed by atoms with Gasteiger partial charge in [-0.25, -0.2) is 14.6 Å². The van der Waals surface area contributed by atoms with E-state index in [9.17, 15) is 4.79 Å². The van der Waals surface area contributed by atoms with Crippen LogP contribution in [-0.4, -0.2) is 30.6 Å². The van der Waals surface area contributed by atoms with Crippen molar-refractivity contribution in [2.24, 2.45) is 0 Å². The minimum atomic E-state index is -0.152. The van der Waals surface area contributed by atoms with Crippen molar-refractivity contribution < 1.29 is 4.79 Å². The second-order valence-corrected chi connectivity index (χ2v) is 8.25. The number of pyridine rings is 1. The van der Waals surface area contributed by atoms with Gasteiger partial charge in [0.05, 0.1) is 40.3 Å². The van der Waals surface area contributed by atoms with Crippen LogP contribution in [-0.2, 0) is 6.54 Å². The molecule has 0 saturated heterocycles. The van der Waals surface area contributed by atoms with Gasteiger partial charge in [0.25, 0.3) is 11.9 Å². The molecule has 0 radical (unpaired) electrons. The van der Waals surface area contributed by atoms with Gasteiger partial charge in [0, 0.05) is 17.8 Å². The Morgan fingerprint density at radius 2 is 2.10 bits per heavy atom. The number of rotatable bonds is 6. The molecule has 150 valence electrons. The van der Waals surface area contributed by atoms with Crippen LogP contribution >= 0.6 is 11.3 Å². The summed E-state index contributed by atoms with van der Waals surface area (Å²) in [4.78, 5) is 27.5. The van der Waals surface area contributed by atoms with Crippen LogP contribution in [0.25, 0.3) is 16.5 Å². The number of aryl methyl sites for hydroxylation is 1. The van der Waals surface area contributed by atoms with Gasteiger partial charge < -0.3 is 5.32 Å². The van der Waals surface area contributed by atoms with Gasteiger partial charge in [-0.2, -0.15) is 5.10 Å². The first kappa shape index (κ1) is 18.6. The minimum Gasteiger partial charge on any atom is -0.346 e. The third-order valence-electron chi connectivity index (χ3n) is 5.00. The Morgan fingerprint density at radius 1 is 1.20 bits per heavy atom. The smallest absolute Gasteiger partial charge is 0.255 e. The monoisotopic (exact) mass is 416 g/mol. The van der Waals surface area contributed by atoms with Gasteiger partial charge in [0.2, 0.25) is 0 Å². The van der Waals surface area contributed by atoms with E-state index < -0.39 is 0 Å². The van der Waals surface area contributed by atoms with E-state index in [1.165, 1.54) is 0 Å². The van der Waals surface area contributed by atoms with Gasteiger partial charge >= 0.3 is 0 Å². The fourth-order valence-electron chi connectivity index (χ4n) is 3.42. The molecule has 0 aliphatic heterocycles. The standard InChI is InChI=1S/C22H20N6OS/c1-14-4-2-5-16(26-14)12-24-21(29)17-13-25-28(20(17)15-7-8-15)22-23-10-9-18(27-22)19-6-3-11-30-19/h2-6,9-11,13,15H,7-8,12H2,1H3,(H,24,29). The zero-order valence-electron chi connectivity index (χ0n) is 16.4. The summed E-state index contributed by atoms with van der Waals surface area (Å²) in [5.41, 5.74) is 4.07. The Kier molecular flexibility index (Phi) is 4.84. The molecule has 5 rings (SSSR count). The molecular formula is C22H20N6OS. The molecule has 1 aliphatic rings. The molecule has 30 heavy (non-hydrogen) atoms. The topological polar surface area (TPSA) is 85.6 Å². The number of amides is 1. The zero-order valence-corrected chi connectivity index (χ0v) is 17.3. The Bertz CT molecular complexity index is 1200. The predicted octanol–water partition coefficient (Wildman–Crippen LogP) is 3.90. The summed E-state index contributed by atoms with van der Waals surface area (Å²) in [6.07, 6.45) is 5.43. The molecule has 1 amide bonds. The van der Waals surface area contributed by atoms with Crippen LogP contribution in [0.2, 0.25) is 0 Å². The average Bonchev–Trinajstić information content (AvgIpc) is 3.27. The summed E-state index contributed by atoms with van der Waals surface area (Å²) in [7, 11) is 0. The number of aromatic nitrogens is 5. The largest absolute Gasteiger partial charge is 0.346 e. The highest BCUT2D eigenvalue weighted by Gasteiger charge is 2.33. The van der Waals surface area contributed by atoms with Gasteiger partial charge in [-0.15, -0.1) is 11.3 Å². The fourth-order valence-corrected chi connectivity index (χ4v) is 4.11. The molecule has 4 aromatic rings. The summed E-state index contributed by atoms with van der Waals surface area (Å²) in [5.74, 6) is 0.641. The van der Waals surface area contributed by atoms with E-state index in [0.29, 0.717) is 24.0 Å². The van der Waals surface area contributed by atoms with Crippen molar-refractivity contribution >= 4 is 17.2 Å². The first-order valence-corrected chi connectivity index (χ1v) is 10.7. The van der Waals surface area contributed by atoms with Gasteiger partial charge in [-0.3, -0.25) is 9.78 Å². The molecule has 0 aromatic carbocycles. The molecule has 0 unspecified atom stereocenters. The zero-order chi connectivity index (χ0) is 20.5. The molecular weight excluding hydrogens is 396 g/mol. The molecule has 1 N–H and O–H groups in total. The lowest BCUT2D eigenvalue weighted by Crippen LogP contribution is -2.24. The maximum Gasteiger partial charge on any atom is 0.255 e. The van der Waals surface area contributed by atoms with Crippen LogP contribution in [0.3, 0.4) is 0 Å². The van der Waals surface area contributed by atoms with Crippen molar-refractivity contribution in [3.8, 4) is 16.5 Å². The Morgan fingerprint density at radius 3 is 2.87 bits per heavy atom. The first-order chi connectivity index (χ1) is 14.7. The van der Waals surface area contributed by atoms with Crippen molar-refractivity contribution in [2.75, 3.05) is 0 Å². The van der Waals surface area contributed by atoms with Crippen molar-refractivity contribution in [2.45, 2.75) is 32.2 Å². The molecule has 0 spiro atoms. The van der Waals surface area contributed by atoms with Crippen molar-refractivity contribution in [1.82, 2.24) is 30.0 Å². The van der Waals surface area contributed by atoms with Gasteiger partial charge in [0.1, 0.15) is 0 Å². The second-order valence-electron chi connectivity index (χ2n) is 7.30. The number of hydrogen-bond acceptors (Lipinski definition) is 6. The van der Waals surface area contributed by atoms with E-state index in [4.69, 9.17) is 4.98 Å². The third kappa shape index (κ3) is 3.73. The molecule has 4 heterocycles. The number of hydrogen-bond donors (Lipinski definition) is 1. The highest BCUT2D eigenvalue weighted by atomic mass is 32.1. The van der Waals surface area contributed by atoms with Crippen LogP contribution in [0.5, 0.6) is 0 Å². The molecule has 0 atom stereocenters. The molecule has 8 heteroatoms. The Labute approximate surface area is 177 Å². The third-order valence-corrected chi connectivity index (χ3v) is 5.89. The van der Waals surface area contributed by atoms with E-state index >= 15 is 0 Å². The number of nitrogens with zero attached hydrogens (tertiary/aromatic N) is 5. The summed E-state index contributed by atoms with van der Waals surface area (Å²) >= 11 is 1.63. The number of thiophene rings is 1. The van der Waals surface area contributed by atoms with E-state index in [1.807, 2.05) is 48.7 Å². The first-order valence-electron chi connectivity index (χ1n) is 9.85. The summed E-state index contributed by atoms with van der Waals surface area (Å²) in [6.45, 7) is 2.31. The fraction of sp³-hybridized carbons (Fsp3) is 0.227. The molecule has 1 aliphatic carbocycles. The number of carbonyl (C=O) groups is 1. The lowest BCUT2D eigenvalue weighted by Gasteiger charge is -2.09. The molecule has 0 bridgehead atoms. The predicted molar refractivity (Wildman–Crippen MR) is 115 cm³/mol. The van der Waals surface area contributed by atoms with Gasteiger partial charge in [-0.1, -0.05) is 12.1 Å². The summed E-state index contributed by atoms with van der Waals surface area (Å²) in [6, 6.07) is 11.7. The minimum absolute atomic E-state index is 0.152. The quantitative estimate of drug-likeness (QED) is 0.515. The summed E-state index contributed by atoms with van der Waals surface area (Å²) in [5, 5.41) is 9.47. The van der Waals surface area contributed by atoms with E-state index in [0.717, 1.165) is 40.5 Å². The Balaban J connectivity index is 1.43.